The van der Waals surface area contributed by atoms with Gasteiger partial charge in [0, 0.05) is 12.3 Å². The second-order valence-corrected chi connectivity index (χ2v) is 4.15. The summed E-state index contributed by atoms with van der Waals surface area (Å²) < 4.78 is 5.54. The van der Waals surface area contributed by atoms with Gasteiger partial charge in [-0.2, -0.15) is 0 Å². The Morgan fingerprint density at radius 2 is 2.25 bits per heavy atom. The third kappa shape index (κ3) is 3.01. The van der Waals surface area contributed by atoms with Crippen molar-refractivity contribution in [1.29, 1.82) is 0 Å². The zero-order valence-electron chi connectivity index (χ0n) is 10.9. The molecule has 3 N–H and O–H groups in total. The van der Waals surface area contributed by atoms with E-state index in [0.29, 0.717) is 16.9 Å². The largest absolute Gasteiger partial charge is 0.480 e. The Bertz CT molecular complexity index is 631. The lowest BCUT2D eigenvalue weighted by molar-refractivity contribution is -0.386. The highest BCUT2D eigenvalue weighted by molar-refractivity contribution is 5.51. The summed E-state index contributed by atoms with van der Waals surface area (Å²) in [5.74, 6) is 5.56. The van der Waals surface area contributed by atoms with Crippen LogP contribution < -0.4 is 16.0 Å². The van der Waals surface area contributed by atoms with Crippen molar-refractivity contribution in [2.24, 2.45) is 5.84 Å². The number of nitro groups is 1. The maximum atomic E-state index is 11.0. The third-order valence-electron chi connectivity index (χ3n) is 2.74. The Morgan fingerprint density at radius 1 is 1.45 bits per heavy atom. The fourth-order valence-electron chi connectivity index (χ4n) is 1.76. The maximum Gasteiger partial charge on any atom is 0.311 e. The molecule has 1 heterocycles. The molecule has 104 valence electrons. The van der Waals surface area contributed by atoms with Crippen LogP contribution in [0.25, 0.3) is 0 Å². The van der Waals surface area contributed by atoms with Gasteiger partial charge in [0.15, 0.2) is 5.75 Å². The Hall–Kier alpha value is -2.67. The van der Waals surface area contributed by atoms with E-state index in [0.717, 1.165) is 0 Å². The molecule has 0 bridgehead atoms. The molecule has 2 rings (SSSR count). The molecular weight excluding hydrogens is 260 g/mol. The number of benzene rings is 1. The van der Waals surface area contributed by atoms with Crippen LogP contribution in [0.1, 0.15) is 11.3 Å². The number of aromatic nitrogens is 1. The van der Waals surface area contributed by atoms with Crippen LogP contribution in [0.15, 0.2) is 36.5 Å². The molecule has 0 amide bonds. The zero-order valence-corrected chi connectivity index (χ0v) is 10.9. The maximum absolute atomic E-state index is 11.0. The quantitative estimate of drug-likeness (QED) is 0.492. The molecule has 0 aliphatic carbocycles. The number of hydrazine groups is 1. The van der Waals surface area contributed by atoms with Gasteiger partial charge < -0.3 is 10.2 Å². The predicted octanol–water partition coefficient (Wildman–Crippen LogP) is 2.16. The number of nitrogens with two attached hydrogens (primary N) is 1. The van der Waals surface area contributed by atoms with Crippen molar-refractivity contribution in [2.75, 3.05) is 5.43 Å². The van der Waals surface area contributed by atoms with Gasteiger partial charge in [-0.3, -0.25) is 20.9 Å². The molecule has 7 nitrogen and oxygen atoms in total. The van der Waals surface area contributed by atoms with E-state index in [9.17, 15) is 10.1 Å². The van der Waals surface area contributed by atoms with Gasteiger partial charge in [0.2, 0.25) is 0 Å². The second kappa shape index (κ2) is 5.98. The van der Waals surface area contributed by atoms with Crippen molar-refractivity contribution in [3.63, 3.8) is 0 Å². The first-order valence-corrected chi connectivity index (χ1v) is 5.90. The summed E-state index contributed by atoms with van der Waals surface area (Å²) in [6.07, 6.45) is 1.58. The molecule has 0 saturated carbocycles. The van der Waals surface area contributed by atoms with Crippen LogP contribution in [0.4, 0.5) is 11.4 Å². The highest BCUT2D eigenvalue weighted by Gasteiger charge is 2.17. The third-order valence-corrected chi connectivity index (χ3v) is 2.74. The standard InChI is InChI=1S/C13H14N4O3/c1-9-3-2-4-12(17(18)19)13(9)20-8-11-7-10(16-14)5-6-15-11/h2-7H,8,14H2,1H3,(H,15,16). The van der Waals surface area contributed by atoms with Crippen LogP contribution in [0.2, 0.25) is 0 Å². The summed E-state index contributed by atoms with van der Waals surface area (Å²) in [7, 11) is 0. The summed E-state index contributed by atoms with van der Waals surface area (Å²) in [5.41, 5.74) is 4.46. The lowest BCUT2D eigenvalue weighted by Gasteiger charge is -2.09. The monoisotopic (exact) mass is 274 g/mol. The van der Waals surface area contributed by atoms with Gasteiger partial charge >= 0.3 is 5.69 Å². The van der Waals surface area contributed by atoms with Gasteiger partial charge in [-0.1, -0.05) is 12.1 Å². The number of pyridine rings is 1. The summed E-state index contributed by atoms with van der Waals surface area (Å²) in [4.78, 5) is 14.6. The molecule has 7 heteroatoms. The summed E-state index contributed by atoms with van der Waals surface area (Å²) in [6, 6.07) is 8.21. The fraction of sp³-hybridized carbons (Fsp3) is 0.154. The molecule has 0 atom stereocenters. The van der Waals surface area contributed by atoms with Crippen molar-refractivity contribution in [1.82, 2.24) is 4.98 Å². The van der Waals surface area contributed by atoms with Crippen molar-refractivity contribution in [3.05, 3.63) is 57.9 Å². The number of nitrogen functional groups attached to an aromatic ring is 1. The Morgan fingerprint density at radius 3 is 2.95 bits per heavy atom. The normalized spacial score (nSPS) is 10.1. The van der Waals surface area contributed by atoms with Gasteiger partial charge in [-0.15, -0.1) is 0 Å². The number of nitrogens with zero attached hydrogens (tertiary/aromatic N) is 2. The molecule has 0 aliphatic rings. The van der Waals surface area contributed by atoms with E-state index in [2.05, 4.69) is 10.4 Å². The SMILES string of the molecule is Cc1cccc([N+](=O)[O-])c1OCc1cc(NN)ccn1. The Balaban J connectivity index is 2.20. The lowest BCUT2D eigenvalue weighted by atomic mass is 10.2. The first-order valence-electron chi connectivity index (χ1n) is 5.90. The van der Waals surface area contributed by atoms with Crippen LogP contribution >= 0.6 is 0 Å². The Labute approximate surface area is 115 Å². The summed E-state index contributed by atoms with van der Waals surface area (Å²) in [6.45, 7) is 1.88. The van der Waals surface area contributed by atoms with E-state index in [1.807, 2.05) is 0 Å². The predicted molar refractivity (Wildman–Crippen MR) is 74.2 cm³/mol. The van der Waals surface area contributed by atoms with Gasteiger partial charge in [0.05, 0.1) is 16.3 Å². The topological polar surface area (TPSA) is 103 Å². The van der Waals surface area contributed by atoms with Crippen molar-refractivity contribution < 1.29 is 9.66 Å². The minimum absolute atomic E-state index is 0.0573. The average Bonchev–Trinajstić information content (AvgIpc) is 2.45. The van der Waals surface area contributed by atoms with E-state index in [1.165, 1.54) is 6.07 Å². The molecule has 20 heavy (non-hydrogen) atoms. The number of nitro benzene ring substituents is 1. The van der Waals surface area contributed by atoms with Crippen LogP contribution in [-0.4, -0.2) is 9.91 Å². The zero-order chi connectivity index (χ0) is 14.5. The van der Waals surface area contributed by atoms with Gasteiger partial charge in [-0.05, 0) is 24.6 Å². The number of hydrogen-bond donors (Lipinski definition) is 2. The first kappa shape index (κ1) is 13.8. The fourth-order valence-corrected chi connectivity index (χ4v) is 1.76. The van der Waals surface area contributed by atoms with Gasteiger partial charge in [0.1, 0.15) is 6.61 Å². The van der Waals surface area contributed by atoms with Crippen molar-refractivity contribution in [2.45, 2.75) is 13.5 Å². The van der Waals surface area contributed by atoms with Crippen molar-refractivity contribution >= 4 is 11.4 Å². The number of rotatable bonds is 5. The number of ether oxygens (including phenoxy) is 1. The number of anilines is 1. The van der Waals surface area contributed by atoms with E-state index < -0.39 is 4.92 Å². The van der Waals surface area contributed by atoms with Crippen LogP contribution in [-0.2, 0) is 6.61 Å². The van der Waals surface area contributed by atoms with Gasteiger partial charge in [0.25, 0.3) is 0 Å². The van der Waals surface area contributed by atoms with E-state index >= 15 is 0 Å². The molecule has 0 spiro atoms. The highest BCUT2D eigenvalue weighted by Crippen LogP contribution is 2.30. The molecule has 0 aliphatic heterocycles. The highest BCUT2D eigenvalue weighted by atomic mass is 16.6. The molecule has 2 aromatic rings. The number of hydrogen-bond acceptors (Lipinski definition) is 6. The van der Waals surface area contributed by atoms with E-state index in [4.69, 9.17) is 10.6 Å². The smallest absolute Gasteiger partial charge is 0.311 e. The molecule has 0 unspecified atom stereocenters. The molecular formula is C13H14N4O3. The molecule has 1 aromatic heterocycles. The molecule has 0 radical (unpaired) electrons. The van der Waals surface area contributed by atoms with Gasteiger partial charge in [-0.25, -0.2) is 0 Å². The minimum atomic E-state index is -0.465. The molecule has 0 fully saturated rings. The first-order chi connectivity index (χ1) is 9.61. The van der Waals surface area contributed by atoms with Crippen molar-refractivity contribution in [3.8, 4) is 5.75 Å². The second-order valence-electron chi connectivity index (χ2n) is 4.15. The Kier molecular flexibility index (Phi) is 4.11. The van der Waals surface area contributed by atoms with E-state index in [1.54, 1.807) is 37.4 Å². The number of para-hydroxylation sites is 1. The summed E-state index contributed by atoms with van der Waals surface area (Å²) >= 11 is 0. The van der Waals surface area contributed by atoms with E-state index in [-0.39, 0.29) is 18.0 Å². The number of nitrogens with one attached hydrogen (secondary N) is 1. The van der Waals surface area contributed by atoms with Crippen LogP contribution in [0, 0.1) is 17.0 Å². The number of aryl methyl sites for hydroxylation is 1. The minimum Gasteiger partial charge on any atom is -0.480 e. The average molecular weight is 274 g/mol. The lowest BCUT2D eigenvalue weighted by Crippen LogP contribution is -2.08. The molecule has 1 aromatic carbocycles. The van der Waals surface area contributed by atoms with Crippen LogP contribution in [0.3, 0.4) is 0 Å². The molecule has 0 saturated heterocycles. The van der Waals surface area contributed by atoms with Crippen LogP contribution in [0.5, 0.6) is 5.75 Å². The summed E-state index contributed by atoms with van der Waals surface area (Å²) in [5, 5.41) is 11.0.